The van der Waals surface area contributed by atoms with Gasteiger partial charge in [-0.2, -0.15) is 8.42 Å². The third-order valence-corrected chi connectivity index (χ3v) is 11.9. The number of halogens is 1. The van der Waals surface area contributed by atoms with Crippen LogP contribution in [0.3, 0.4) is 0 Å². The van der Waals surface area contributed by atoms with Gasteiger partial charge in [-0.15, -0.1) is 0 Å². The van der Waals surface area contributed by atoms with Crippen molar-refractivity contribution >= 4 is 64.0 Å². The van der Waals surface area contributed by atoms with Crippen molar-refractivity contribution in [3.63, 3.8) is 0 Å². The molecule has 0 aliphatic carbocycles. The molecule has 1 saturated heterocycles. The minimum absolute atomic E-state index is 0.100. The number of anilines is 1. The van der Waals surface area contributed by atoms with E-state index in [4.69, 9.17) is 23.7 Å². The molecule has 0 bridgehead atoms. The number of amides is 2. The highest BCUT2D eigenvalue weighted by molar-refractivity contribution is 14.1. The Morgan fingerprint density at radius 3 is 2.49 bits per heavy atom. The summed E-state index contributed by atoms with van der Waals surface area (Å²) in [5.41, 5.74) is 2.72. The van der Waals surface area contributed by atoms with Crippen molar-refractivity contribution in [3.05, 3.63) is 56.2 Å². The standard InChI is InChI=1S/C40H55IN2O10SSi/c1-39(2,3)35-29(24-31(41)25-32(35)43(36(44)45)38(54(47)48)50-21-22-55(6,7)8)15-11-14-20-49-19-13-10-9-12-18-42-26-34(52-37(42)46)28-16-17-33-30(23-28)27-51-40(4,5)53-33/h16-17,23-25,34H,9-10,12-14,18-22,26-27H2,1-8H3,(H,44,45)/t34-/m0/s1. The zero-order valence-electron chi connectivity index (χ0n) is 33.3. The van der Waals surface area contributed by atoms with Crippen molar-refractivity contribution < 1.29 is 46.8 Å². The summed E-state index contributed by atoms with van der Waals surface area (Å²) >= 11 is 2.08. The van der Waals surface area contributed by atoms with E-state index >= 15 is 0 Å². The van der Waals surface area contributed by atoms with Crippen LogP contribution in [-0.4, -0.2) is 82.6 Å². The molecule has 12 nitrogen and oxygen atoms in total. The van der Waals surface area contributed by atoms with Crippen molar-refractivity contribution in [2.45, 2.75) is 116 Å². The normalized spacial score (nSPS) is 16.4. The number of carboxylic acid groups (broad SMARTS) is 1. The topological polar surface area (TPSA) is 141 Å². The average Bonchev–Trinajstić information content (AvgIpc) is 3.44. The van der Waals surface area contributed by atoms with Crippen LogP contribution >= 0.6 is 22.6 Å². The van der Waals surface area contributed by atoms with E-state index in [1.165, 1.54) is 0 Å². The van der Waals surface area contributed by atoms with Gasteiger partial charge < -0.3 is 33.7 Å². The molecular weight excluding hydrogens is 856 g/mol. The number of benzene rings is 2. The summed E-state index contributed by atoms with van der Waals surface area (Å²) in [6.45, 7) is 18.7. The van der Waals surface area contributed by atoms with Crippen LogP contribution in [0.15, 0.2) is 30.3 Å². The van der Waals surface area contributed by atoms with E-state index in [2.05, 4.69) is 54.1 Å². The predicted octanol–water partition coefficient (Wildman–Crippen LogP) is 8.55. The Labute approximate surface area is 341 Å². The number of hydrogen-bond acceptors (Lipinski definition) is 9. The number of ether oxygens (including phenoxy) is 5. The van der Waals surface area contributed by atoms with Gasteiger partial charge in [0, 0.05) is 56.2 Å². The predicted molar refractivity (Wildman–Crippen MR) is 224 cm³/mol. The molecule has 0 saturated carbocycles. The molecule has 1 N–H and O–H groups in total. The zero-order valence-corrected chi connectivity index (χ0v) is 37.2. The molecule has 2 amide bonds. The van der Waals surface area contributed by atoms with Gasteiger partial charge >= 0.3 is 12.2 Å². The maximum atomic E-state index is 12.6. The number of fused-ring (bicyclic) bond motifs is 1. The van der Waals surface area contributed by atoms with Crippen LogP contribution in [0.25, 0.3) is 0 Å². The van der Waals surface area contributed by atoms with Gasteiger partial charge in [-0.25, -0.2) is 14.5 Å². The molecule has 55 heavy (non-hydrogen) atoms. The Bertz CT molecular complexity index is 1900. The van der Waals surface area contributed by atoms with Gasteiger partial charge in [0.15, 0.2) is 0 Å². The summed E-state index contributed by atoms with van der Waals surface area (Å²) in [5, 5.41) is 9.63. The second-order valence-corrected chi connectivity index (χ2v) is 24.1. The molecule has 2 aromatic rings. The second kappa shape index (κ2) is 19.3. The van der Waals surface area contributed by atoms with Gasteiger partial charge in [0.1, 0.15) is 11.9 Å². The highest BCUT2D eigenvalue weighted by atomic mass is 127. The van der Waals surface area contributed by atoms with Gasteiger partial charge in [-0.05, 0) is 82.3 Å². The first-order valence-corrected chi connectivity index (χ1v) is 24.6. The van der Waals surface area contributed by atoms with Crippen molar-refractivity contribution in [2.75, 3.05) is 37.8 Å². The van der Waals surface area contributed by atoms with Gasteiger partial charge in [-0.1, -0.05) is 71.2 Å². The quantitative estimate of drug-likeness (QED) is 0.0645. The van der Waals surface area contributed by atoms with Crippen LogP contribution in [0.1, 0.15) is 95.1 Å². The first-order chi connectivity index (χ1) is 25.8. The Balaban J connectivity index is 1.24. The van der Waals surface area contributed by atoms with E-state index < -0.39 is 40.8 Å². The number of cyclic esters (lactones) is 1. The summed E-state index contributed by atoms with van der Waals surface area (Å²) in [6, 6.07) is 10.1. The molecule has 302 valence electrons. The van der Waals surface area contributed by atoms with E-state index in [0.717, 1.165) is 47.5 Å². The van der Waals surface area contributed by atoms with Gasteiger partial charge in [0.05, 0.1) is 32.1 Å². The maximum Gasteiger partial charge on any atom is 0.418 e. The average molecular weight is 911 g/mol. The number of hydrogen-bond donors (Lipinski definition) is 1. The number of rotatable bonds is 14. The lowest BCUT2D eigenvalue weighted by Gasteiger charge is -2.32. The Morgan fingerprint density at radius 2 is 1.82 bits per heavy atom. The first kappa shape index (κ1) is 44.6. The molecule has 2 aromatic carbocycles. The molecule has 15 heteroatoms. The van der Waals surface area contributed by atoms with Crippen molar-refractivity contribution in [1.29, 1.82) is 0 Å². The summed E-state index contributed by atoms with van der Waals surface area (Å²) < 4.78 is 54.1. The molecule has 1 fully saturated rings. The fraction of sp³-hybridized carbons (Fsp3) is 0.575. The minimum atomic E-state index is -2.93. The second-order valence-electron chi connectivity index (χ2n) is 16.4. The van der Waals surface area contributed by atoms with Gasteiger partial charge in [0.2, 0.25) is 5.79 Å². The summed E-state index contributed by atoms with van der Waals surface area (Å²) in [5.74, 6) is 6.49. The van der Waals surface area contributed by atoms with Crippen LogP contribution < -0.4 is 9.64 Å². The van der Waals surface area contributed by atoms with Crippen LogP contribution in [0.4, 0.5) is 15.3 Å². The van der Waals surface area contributed by atoms with E-state index in [1.807, 2.05) is 58.9 Å². The maximum absolute atomic E-state index is 12.6. The van der Waals surface area contributed by atoms with E-state index in [9.17, 15) is 23.1 Å². The number of carbonyl (C=O) groups is 2. The molecule has 1 atom stereocenters. The lowest BCUT2D eigenvalue weighted by atomic mass is 9.82. The molecule has 0 unspecified atom stereocenters. The molecule has 4 rings (SSSR count). The van der Waals surface area contributed by atoms with E-state index in [0.29, 0.717) is 60.1 Å². The van der Waals surface area contributed by atoms with Crippen molar-refractivity contribution in [1.82, 2.24) is 4.90 Å². The lowest BCUT2D eigenvalue weighted by molar-refractivity contribution is -0.180. The third kappa shape index (κ3) is 13.2. The molecular formula is C40H55IN2O10SSi. The van der Waals surface area contributed by atoms with Crippen LogP contribution in [0.5, 0.6) is 5.75 Å². The zero-order chi connectivity index (χ0) is 40.6. The number of carbonyl (C=O) groups excluding carboxylic acids is 1. The fourth-order valence-electron chi connectivity index (χ4n) is 6.23. The van der Waals surface area contributed by atoms with Crippen molar-refractivity contribution in [3.8, 4) is 17.6 Å². The Kier molecular flexibility index (Phi) is 15.7. The van der Waals surface area contributed by atoms with E-state index in [-0.39, 0.29) is 24.5 Å². The minimum Gasteiger partial charge on any atom is -0.464 e. The first-order valence-electron chi connectivity index (χ1n) is 18.7. The number of unbranched alkanes of at least 4 members (excludes halogenated alkanes) is 3. The molecule has 2 aliphatic rings. The molecule has 2 aliphatic heterocycles. The van der Waals surface area contributed by atoms with Crippen LogP contribution in [0.2, 0.25) is 25.7 Å². The molecule has 0 spiro atoms. The fourth-order valence-corrected chi connectivity index (χ4v) is 8.06. The summed E-state index contributed by atoms with van der Waals surface area (Å²) in [6.07, 6.45) is 2.08. The summed E-state index contributed by atoms with van der Waals surface area (Å²) in [7, 11) is -4.51. The largest absolute Gasteiger partial charge is 0.464 e. The third-order valence-electron chi connectivity index (χ3n) is 9.00. The number of nitrogens with zero attached hydrogens (tertiary/aromatic N) is 2. The monoisotopic (exact) mass is 910 g/mol. The Morgan fingerprint density at radius 1 is 1.09 bits per heavy atom. The summed E-state index contributed by atoms with van der Waals surface area (Å²) in [4.78, 5) is 27.7. The highest BCUT2D eigenvalue weighted by Gasteiger charge is 2.35. The van der Waals surface area contributed by atoms with E-state index in [1.54, 1.807) is 11.0 Å². The smallest absolute Gasteiger partial charge is 0.418 e. The van der Waals surface area contributed by atoms with Gasteiger partial charge in [0.25, 0.3) is 15.5 Å². The SMILES string of the molecule is CC1(C)OCc2cc([C@@H]3CN(CCCCCCOCCC#Cc4cc(I)cc(N(C(=O)O)C(OCC[Si](C)(C)C)=S(=O)=O)c4C(C)(C)C)C(=O)O3)ccc2O1. The Hall–Kier alpha value is -3.14. The molecule has 0 radical (unpaired) electrons. The van der Waals surface area contributed by atoms with Crippen LogP contribution in [-0.2, 0) is 41.3 Å². The highest BCUT2D eigenvalue weighted by Crippen LogP contribution is 2.38. The van der Waals surface area contributed by atoms with Gasteiger partial charge in [-0.3, -0.25) is 0 Å². The molecule has 0 aromatic heterocycles. The van der Waals surface area contributed by atoms with Crippen LogP contribution in [0, 0.1) is 15.4 Å². The molecule has 2 heterocycles. The lowest BCUT2D eigenvalue weighted by Crippen LogP contribution is -2.40. The van der Waals surface area contributed by atoms with Crippen molar-refractivity contribution in [2.24, 2.45) is 0 Å².